The van der Waals surface area contributed by atoms with Gasteiger partial charge in [0, 0.05) is 17.0 Å². The number of nitriles is 1. The van der Waals surface area contributed by atoms with E-state index in [0.717, 1.165) is 0 Å². The Labute approximate surface area is 80.2 Å². The molecule has 0 unspecified atom stereocenters. The molecule has 0 atom stereocenters. The van der Waals surface area contributed by atoms with Gasteiger partial charge in [0.1, 0.15) is 0 Å². The smallest absolute Gasteiger partial charge is 0.169 e. The lowest BCUT2D eigenvalue weighted by Gasteiger charge is -2.04. The van der Waals surface area contributed by atoms with Gasteiger partial charge in [0.25, 0.3) is 0 Å². The average Bonchev–Trinajstić information content (AvgIpc) is 2.12. The van der Waals surface area contributed by atoms with E-state index in [-0.39, 0.29) is 23.4 Å². The Morgan fingerprint density at radius 2 is 2.23 bits per heavy atom. The van der Waals surface area contributed by atoms with Gasteiger partial charge in [-0.25, -0.2) is 4.39 Å². The minimum absolute atomic E-state index is 0.181. The molecule has 0 radical (unpaired) electrons. The number of phenols is 1. The van der Waals surface area contributed by atoms with E-state index in [0.29, 0.717) is 0 Å². The van der Waals surface area contributed by atoms with Gasteiger partial charge in [0.15, 0.2) is 11.6 Å². The largest absolute Gasteiger partial charge is 0.505 e. The third-order valence-corrected chi connectivity index (χ3v) is 2.01. The van der Waals surface area contributed by atoms with Crippen LogP contribution in [0.2, 0.25) is 5.02 Å². The van der Waals surface area contributed by atoms with Crippen LogP contribution < -0.4 is 0 Å². The summed E-state index contributed by atoms with van der Waals surface area (Å²) in [6.07, 6.45) is 0.398. The number of hydrogen-bond donors (Lipinski definition) is 1. The summed E-state index contributed by atoms with van der Waals surface area (Å²) in [6, 6.07) is 4.48. The lowest BCUT2D eigenvalue weighted by Crippen LogP contribution is -1.91. The van der Waals surface area contributed by atoms with Crippen molar-refractivity contribution in [3.63, 3.8) is 0 Å². The summed E-state index contributed by atoms with van der Waals surface area (Å²) >= 11 is 5.68. The summed E-state index contributed by atoms with van der Waals surface area (Å²) in [7, 11) is 0. The van der Waals surface area contributed by atoms with Gasteiger partial charge in [-0.2, -0.15) is 5.26 Å². The van der Waals surface area contributed by atoms with Crippen LogP contribution in [-0.2, 0) is 6.42 Å². The highest BCUT2D eigenvalue weighted by molar-refractivity contribution is 6.31. The van der Waals surface area contributed by atoms with E-state index in [2.05, 4.69) is 0 Å². The molecule has 68 valence electrons. The second kappa shape index (κ2) is 4.11. The predicted molar refractivity (Wildman–Crippen MR) is 47.0 cm³/mol. The molecule has 0 aliphatic heterocycles. The third-order valence-electron chi connectivity index (χ3n) is 1.65. The van der Waals surface area contributed by atoms with Gasteiger partial charge in [0.05, 0.1) is 6.07 Å². The van der Waals surface area contributed by atoms with E-state index in [1.807, 2.05) is 6.07 Å². The highest BCUT2D eigenvalue weighted by atomic mass is 35.5. The van der Waals surface area contributed by atoms with Crippen molar-refractivity contribution in [1.29, 1.82) is 5.26 Å². The van der Waals surface area contributed by atoms with Crippen LogP contribution in [0.5, 0.6) is 5.75 Å². The van der Waals surface area contributed by atoms with Gasteiger partial charge < -0.3 is 5.11 Å². The monoisotopic (exact) mass is 199 g/mol. The van der Waals surface area contributed by atoms with E-state index in [9.17, 15) is 4.39 Å². The highest BCUT2D eigenvalue weighted by Gasteiger charge is 2.10. The first-order chi connectivity index (χ1) is 6.16. The molecule has 1 rings (SSSR count). The second-order valence-corrected chi connectivity index (χ2v) is 2.92. The number of rotatable bonds is 2. The number of halogens is 2. The van der Waals surface area contributed by atoms with Crippen molar-refractivity contribution in [3.05, 3.63) is 28.5 Å². The SMILES string of the molecule is N#CCCc1c(Cl)ccc(O)c1F. The zero-order valence-corrected chi connectivity index (χ0v) is 7.48. The Kier molecular flexibility index (Phi) is 3.10. The first kappa shape index (κ1) is 9.82. The summed E-state index contributed by atoms with van der Waals surface area (Å²) < 4.78 is 13.1. The molecule has 0 aromatic heterocycles. The maximum atomic E-state index is 13.1. The molecule has 1 aromatic carbocycles. The van der Waals surface area contributed by atoms with Crippen LogP contribution in [-0.4, -0.2) is 5.11 Å². The van der Waals surface area contributed by atoms with Crippen molar-refractivity contribution in [3.8, 4) is 11.8 Å². The standard InChI is InChI=1S/C9H7ClFNO/c10-7-3-4-8(13)9(11)6(7)2-1-5-12/h3-4,13H,1-2H2. The number of hydrogen-bond acceptors (Lipinski definition) is 2. The number of nitrogens with zero attached hydrogens (tertiary/aromatic N) is 1. The summed E-state index contributed by atoms with van der Waals surface area (Å²) in [6.45, 7) is 0. The van der Waals surface area contributed by atoms with E-state index < -0.39 is 11.6 Å². The fourth-order valence-electron chi connectivity index (χ4n) is 0.995. The first-order valence-electron chi connectivity index (χ1n) is 3.69. The van der Waals surface area contributed by atoms with E-state index in [1.54, 1.807) is 0 Å². The molecule has 0 spiro atoms. The van der Waals surface area contributed by atoms with Gasteiger partial charge in [0.2, 0.25) is 0 Å². The van der Waals surface area contributed by atoms with Crippen LogP contribution in [0, 0.1) is 17.1 Å². The van der Waals surface area contributed by atoms with Crippen LogP contribution >= 0.6 is 11.6 Å². The molecule has 0 heterocycles. The van der Waals surface area contributed by atoms with Crippen LogP contribution in [0.1, 0.15) is 12.0 Å². The highest BCUT2D eigenvalue weighted by Crippen LogP contribution is 2.27. The van der Waals surface area contributed by atoms with Crippen molar-refractivity contribution in [2.75, 3.05) is 0 Å². The molecule has 4 heteroatoms. The van der Waals surface area contributed by atoms with Crippen molar-refractivity contribution in [2.24, 2.45) is 0 Å². The van der Waals surface area contributed by atoms with E-state index >= 15 is 0 Å². The van der Waals surface area contributed by atoms with Crippen LogP contribution in [0.15, 0.2) is 12.1 Å². The Hall–Kier alpha value is -1.27. The summed E-state index contributed by atoms with van der Waals surface area (Å²) in [5.41, 5.74) is 0.197. The zero-order valence-electron chi connectivity index (χ0n) is 6.72. The first-order valence-corrected chi connectivity index (χ1v) is 4.07. The molecule has 0 amide bonds. The van der Waals surface area contributed by atoms with Crippen LogP contribution in [0.4, 0.5) is 4.39 Å². The normalized spacial score (nSPS) is 9.62. The molecule has 1 aromatic rings. The molecule has 0 aliphatic carbocycles. The second-order valence-electron chi connectivity index (χ2n) is 2.52. The molecule has 0 fully saturated rings. The van der Waals surface area contributed by atoms with E-state index in [4.69, 9.17) is 22.0 Å². The Morgan fingerprint density at radius 3 is 2.85 bits per heavy atom. The number of aromatic hydroxyl groups is 1. The van der Waals surface area contributed by atoms with Crippen molar-refractivity contribution >= 4 is 11.6 Å². The average molecular weight is 200 g/mol. The molecule has 0 saturated carbocycles. The fourth-order valence-corrected chi connectivity index (χ4v) is 1.24. The van der Waals surface area contributed by atoms with Gasteiger partial charge in [-0.1, -0.05) is 11.6 Å². The van der Waals surface area contributed by atoms with Gasteiger partial charge in [-0.05, 0) is 18.6 Å². The third kappa shape index (κ3) is 2.10. The van der Waals surface area contributed by atoms with Crippen molar-refractivity contribution in [1.82, 2.24) is 0 Å². The lowest BCUT2D eigenvalue weighted by molar-refractivity contribution is 0.428. The maximum Gasteiger partial charge on any atom is 0.169 e. The summed E-state index contributed by atoms with van der Waals surface area (Å²) in [4.78, 5) is 0. The molecule has 1 N–H and O–H groups in total. The van der Waals surface area contributed by atoms with Crippen molar-refractivity contribution < 1.29 is 9.50 Å². The van der Waals surface area contributed by atoms with Crippen LogP contribution in [0.3, 0.4) is 0 Å². The fraction of sp³-hybridized carbons (Fsp3) is 0.222. The van der Waals surface area contributed by atoms with Gasteiger partial charge in [-0.3, -0.25) is 0 Å². The Bertz CT molecular complexity index is 359. The molecule has 0 saturated heterocycles. The minimum atomic E-state index is -0.734. The van der Waals surface area contributed by atoms with Crippen molar-refractivity contribution in [2.45, 2.75) is 12.8 Å². The molecule has 0 bridgehead atoms. The zero-order chi connectivity index (χ0) is 9.84. The number of benzene rings is 1. The Balaban J connectivity index is 3.04. The molecule has 13 heavy (non-hydrogen) atoms. The van der Waals surface area contributed by atoms with Crippen LogP contribution in [0.25, 0.3) is 0 Å². The molecular formula is C9H7ClFNO. The maximum absolute atomic E-state index is 13.1. The lowest BCUT2D eigenvalue weighted by atomic mass is 10.1. The molecular weight excluding hydrogens is 193 g/mol. The molecule has 2 nitrogen and oxygen atoms in total. The summed E-state index contributed by atoms with van der Waals surface area (Å²) in [5, 5.41) is 17.5. The van der Waals surface area contributed by atoms with E-state index in [1.165, 1.54) is 12.1 Å². The molecule has 0 aliphatic rings. The number of phenolic OH excluding ortho intramolecular Hbond substituents is 1. The topological polar surface area (TPSA) is 44.0 Å². The Morgan fingerprint density at radius 1 is 1.54 bits per heavy atom. The predicted octanol–water partition coefficient (Wildman–Crippen LogP) is 2.64. The summed E-state index contributed by atoms with van der Waals surface area (Å²) in [5.74, 6) is -1.17. The minimum Gasteiger partial charge on any atom is -0.505 e. The van der Waals surface area contributed by atoms with Gasteiger partial charge >= 0.3 is 0 Å². The quantitative estimate of drug-likeness (QED) is 0.796. The van der Waals surface area contributed by atoms with Gasteiger partial charge in [-0.15, -0.1) is 0 Å².